The van der Waals surface area contributed by atoms with Gasteiger partial charge in [0.05, 0.1) is 32.5 Å². The Bertz CT molecular complexity index is 1130. The molecule has 0 aliphatic carbocycles. The van der Waals surface area contributed by atoms with Crippen LogP contribution in [0.15, 0.2) is 91.0 Å². The molecule has 0 aromatic heterocycles. The minimum Gasteiger partial charge on any atom is -0.374 e. The average Bonchev–Trinajstić information content (AvgIpc) is 2.93. The number of carbonyl (C=O) groups excluding carboxylic acids is 1. The first-order valence-corrected chi connectivity index (χ1v) is 12.5. The molecule has 5 atom stereocenters. The third-order valence-corrected chi connectivity index (χ3v) is 6.19. The van der Waals surface area contributed by atoms with Crippen molar-refractivity contribution in [3.8, 4) is 12.3 Å². The lowest BCUT2D eigenvalue weighted by Crippen LogP contribution is -2.65. The summed E-state index contributed by atoms with van der Waals surface area (Å²) in [5, 5.41) is 2.95. The molecule has 37 heavy (non-hydrogen) atoms. The van der Waals surface area contributed by atoms with Crippen LogP contribution in [0.2, 0.25) is 0 Å². The summed E-state index contributed by atoms with van der Waals surface area (Å²) in [6.45, 7) is 2.82. The molecule has 1 saturated heterocycles. The van der Waals surface area contributed by atoms with Crippen molar-refractivity contribution in [3.05, 3.63) is 108 Å². The Labute approximate surface area is 218 Å². The lowest BCUT2D eigenvalue weighted by molar-refractivity contribution is -0.222. The number of nitrogens with one attached hydrogen (secondary N) is 1. The summed E-state index contributed by atoms with van der Waals surface area (Å²) in [5.41, 5.74) is 3.08. The van der Waals surface area contributed by atoms with Gasteiger partial charge in [-0.25, -0.2) is 0 Å². The number of terminal acetylenes is 1. The van der Waals surface area contributed by atoms with Crippen LogP contribution in [-0.4, -0.2) is 43.0 Å². The van der Waals surface area contributed by atoms with E-state index >= 15 is 0 Å². The van der Waals surface area contributed by atoms with E-state index in [1.165, 1.54) is 6.92 Å². The van der Waals surface area contributed by atoms with Gasteiger partial charge in [-0.2, -0.15) is 0 Å². The van der Waals surface area contributed by atoms with Crippen molar-refractivity contribution in [1.82, 2.24) is 5.32 Å². The third kappa shape index (κ3) is 7.75. The Morgan fingerprint density at radius 1 is 0.811 bits per heavy atom. The summed E-state index contributed by atoms with van der Waals surface area (Å²) >= 11 is 0. The second-order valence-electron chi connectivity index (χ2n) is 9.01. The second kappa shape index (κ2) is 13.7. The van der Waals surface area contributed by atoms with E-state index in [1.807, 2.05) is 91.0 Å². The Morgan fingerprint density at radius 2 is 1.30 bits per heavy atom. The smallest absolute Gasteiger partial charge is 0.217 e. The van der Waals surface area contributed by atoms with Crippen LogP contribution in [0.25, 0.3) is 0 Å². The molecule has 1 N–H and O–H groups in total. The van der Waals surface area contributed by atoms with Gasteiger partial charge in [0.2, 0.25) is 5.91 Å². The molecule has 1 amide bonds. The zero-order chi connectivity index (χ0) is 25.9. The highest BCUT2D eigenvalue weighted by atomic mass is 16.6. The third-order valence-electron chi connectivity index (χ3n) is 6.19. The summed E-state index contributed by atoms with van der Waals surface area (Å²) in [4.78, 5) is 12.1. The zero-order valence-electron chi connectivity index (χ0n) is 21.0. The molecule has 1 heterocycles. The van der Waals surface area contributed by atoms with Crippen LogP contribution in [0.1, 0.15) is 23.6 Å². The van der Waals surface area contributed by atoms with Crippen molar-refractivity contribution in [3.63, 3.8) is 0 Å². The standard InChI is InChI=1S/C31H33NO5/c1-3-27-29(32-23(2)33)31(36-21-26-17-11-6-12-18-26)30(35-20-25-15-9-5-10-16-25)28(37-27)22-34-19-24-13-7-4-8-14-24/h1,4-18,27-31H,19-22H2,2H3,(H,32,33)/t27-,28-,29+,30-,31-/m1/s1. The Morgan fingerprint density at radius 3 is 1.78 bits per heavy atom. The predicted molar refractivity (Wildman–Crippen MR) is 141 cm³/mol. The summed E-state index contributed by atoms with van der Waals surface area (Å²) in [5.74, 6) is 2.47. The quantitative estimate of drug-likeness (QED) is 0.399. The molecular weight excluding hydrogens is 466 g/mol. The van der Waals surface area contributed by atoms with E-state index < -0.39 is 30.5 Å². The number of hydrogen-bond acceptors (Lipinski definition) is 5. The van der Waals surface area contributed by atoms with E-state index in [9.17, 15) is 4.79 Å². The molecule has 1 fully saturated rings. The molecule has 0 spiro atoms. The zero-order valence-corrected chi connectivity index (χ0v) is 21.0. The van der Waals surface area contributed by atoms with E-state index in [4.69, 9.17) is 25.4 Å². The molecule has 4 rings (SSSR count). The molecule has 0 bridgehead atoms. The molecule has 192 valence electrons. The van der Waals surface area contributed by atoms with Gasteiger partial charge in [0.15, 0.2) is 0 Å². The summed E-state index contributed by atoms with van der Waals surface area (Å²) in [6.07, 6.45) is 3.56. The van der Waals surface area contributed by atoms with Gasteiger partial charge in [0.25, 0.3) is 0 Å². The number of amides is 1. The van der Waals surface area contributed by atoms with Crippen molar-refractivity contribution in [2.24, 2.45) is 0 Å². The fourth-order valence-electron chi connectivity index (χ4n) is 4.41. The molecule has 0 saturated carbocycles. The Balaban J connectivity index is 1.57. The van der Waals surface area contributed by atoms with Crippen LogP contribution >= 0.6 is 0 Å². The van der Waals surface area contributed by atoms with Crippen LogP contribution in [0.5, 0.6) is 0 Å². The van der Waals surface area contributed by atoms with Gasteiger partial charge in [0.1, 0.15) is 24.4 Å². The van der Waals surface area contributed by atoms with Crippen molar-refractivity contribution >= 4 is 5.91 Å². The molecule has 0 unspecified atom stereocenters. The highest BCUT2D eigenvalue weighted by Crippen LogP contribution is 2.28. The number of ether oxygens (including phenoxy) is 4. The molecule has 6 heteroatoms. The minimum atomic E-state index is -0.702. The van der Waals surface area contributed by atoms with Gasteiger partial charge in [0, 0.05) is 6.92 Å². The van der Waals surface area contributed by atoms with Crippen LogP contribution in [0.3, 0.4) is 0 Å². The van der Waals surface area contributed by atoms with E-state index in [-0.39, 0.29) is 12.5 Å². The molecule has 3 aromatic rings. The first kappa shape index (κ1) is 26.6. The first-order chi connectivity index (χ1) is 18.1. The van der Waals surface area contributed by atoms with Gasteiger partial charge in [-0.1, -0.05) is 96.9 Å². The minimum absolute atomic E-state index is 0.220. The predicted octanol–water partition coefficient (Wildman–Crippen LogP) is 4.28. The number of rotatable bonds is 11. The average molecular weight is 500 g/mol. The maximum Gasteiger partial charge on any atom is 0.217 e. The van der Waals surface area contributed by atoms with Gasteiger partial charge in [-0.05, 0) is 16.7 Å². The monoisotopic (exact) mass is 499 g/mol. The number of carbonyl (C=O) groups is 1. The highest BCUT2D eigenvalue weighted by molar-refractivity contribution is 5.73. The molecule has 3 aromatic carbocycles. The van der Waals surface area contributed by atoms with Crippen molar-refractivity contribution in [1.29, 1.82) is 0 Å². The van der Waals surface area contributed by atoms with Crippen molar-refractivity contribution in [2.75, 3.05) is 6.61 Å². The lowest BCUT2D eigenvalue weighted by atomic mass is 9.92. The molecule has 1 aliphatic rings. The van der Waals surface area contributed by atoms with Crippen LogP contribution in [-0.2, 0) is 43.6 Å². The topological polar surface area (TPSA) is 66.0 Å². The Hall–Kier alpha value is -3.47. The van der Waals surface area contributed by atoms with E-state index in [0.717, 1.165) is 16.7 Å². The molecule has 6 nitrogen and oxygen atoms in total. The number of benzene rings is 3. The largest absolute Gasteiger partial charge is 0.374 e. The fourth-order valence-corrected chi connectivity index (χ4v) is 4.41. The van der Waals surface area contributed by atoms with E-state index in [0.29, 0.717) is 19.8 Å². The molecule has 0 radical (unpaired) electrons. The molecular formula is C31H33NO5. The summed E-state index contributed by atoms with van der Waals surface area (Å²) in [7, 11) is 0. The highest BCUT2D eigenvalue weighted by Gasteiger charge is 2.47. The Kier molecular flexibility index (Phi) is 9.87. The number of hydrogen-bond donors (Lipinski definition) is 1. The molecule has 1 aliphatic heterocycles. The van der Waals surface area contributed by atoms with Gasteiger partial charge >= 0.3 is 0 Å². The van der Waals surface area contributed by atoms with Crippen molar-refractivity contribution < 1.29 is 23.7 Å². The first-order valence-electron chi connectivity index (χ1n) is 12.5. The van der Waals surface area contributed by atoms with E-state index in [2.05, 4.69) is 11.2 Å². The van der Waals surface area contributed by atoms with Gasteiger partial charge in [-0.15, -0.1) is 6.42 Å². The summed E-state index contributed by atoms with van der Waals surface area (Å²) in [6, 6.07) is 29.1. The van der Waals surface area contributed by atoms with E-state index in [1.54, 1.807) is 0 Å². The SMILES string of the molecule is C#C[C@H]1O[C@H](COCc2ccccc2)[C@@H](OCc2ccccc2)[C@H](OCc2ccccc2)[C@H]1NC(C)=O. The van der Waals surface area contributed by atoms with Crippen molar-refractivity contribution in [2.45, 2.75) is 57.2 Å². The lowest BCUT2D eigenvalue weighted by Gasteiger charge is -2.45. The van der Waals surface area contributed by atoms with Crippen LogP contribution < -0.4 is 5.32 Å². The van der Waals surface area contributed by atoms with Crippen LogP contribution in [0, 0.1) is 12.3 Å². The van der Waals surface area contributed by atoms with Gasteiger partial charge in [-0.3, -0.25) is 4.79 Å². The summed E-state index contributed by atoms with van der Waals surface area (Å²) < 4.78 is 25.2. The van der Waals surface area contributed by atoms with Crippen LogP contribution in [0.4, 0.5) is 0 Å². The second-order valence-corrected chi connectivity index (χ2v) is 9.01. The normalized spacial score (nSPS) is 23.2. The fraction of sp³-hybridized carbons (Fsp3) is 0.323. The maximum atomic E-state index is 12.1. The van der Waals surface area contributed by atoms with Gasteiger partial charge < -0.3 is 24.3 Å². The maximum absolute atomic E-state index is 12.1.